The second-order valence-electron chi connectivity index (χ2n) is 12.4. The molecule has 0 spiro atoms. The van der Waals surface area contributed by atoms with E-state index in [9.17, 15) is 0 Å². The Hall–Kier alpha value is -6.51. The summed E-state index contributed by atoms with van der Waals surface area (Å²) in [6, 6.07) is 69.2. The van der Waals surface area contributed by atoms with Crippen molar-refractivity contribution in [1.29, 1.82) is 0 Å². The van der Waals surface area contributed by atoms with Gasteiger partial charge in [-0.15, -0.1) is 0 Å². The maximum absolute atomic E-state index is 5.40. The minimum absolute atomic E-state index is 0.891. The van der Waals surface area contributed by atoms with Gasteiger partial charge in [0, 0.05) is 21.9 Å². The average molecular weight is 625 g/mol. The van der Waals surface area contributed by atoms with E-state index in [4.69, 9.17) is 4.98 Å². The fraction of sp³-hybridized carbons (Fsp3) is 0. The highest BCUT2D eigenvalue weighted by Gasteiger charge is 2.20. The molecule has 49 heavy (non-hydrogen) atoms. The topological polar surface area (TPSA) is 17.8 Å². The van der Waals surface area contributed by atoms with E-state index >= 15 is 0 Å². The van der Waals surface area contributed by atoms with Crippen LogP contribution < -0.4 is 0 Å². The molecule has 9 rings (SSSR count). The van der Waals surface area contributed by atoms with Crippen molar-refractivity contribution in [3.63, 3.8) is 0 Å². The minimum Gasteiger partial charge on any atom is -0.293 e. The standard InChI is InChI=1S/C47H32N2/c1-5-16-33(17-6-1)37-24-15-25-38(28-37)39-29-42(35-20-9-3-10-21-35)47-43(30-39)41-26-13-14-27-45(41)49(47)46-32-40(34-18-7-2-8-19-34)31-44(48-46)36-22-11-4-12-23-36/h1-32H. The third-order valence-electron chi connectivity index (χ3n) is 9.37. The van der Waals surface area contributed by atoms with E-state index in [1.165, 1.54) is 44.2 Å². The fourth-order valence-corrected chi connectivity index (χ4v) is 7.03. The Morgan fingerprint density at radius 2 is 0.837 bits per heavy atom. The summed E-state index contributed by atoms with van der Waals surface area (Å²) < 4.78 is 2.37. The highest BCUT2D eigenvalue weighted by Crippen LogP contribution is 2.42. The van der Waals surface area contributed by atoms with Crippen LogP contribution in [0.4, 0.5) is 0 Å². The van der Waals surface area contributed by atoms with Crippen LogP contribution >= 0.6 is 0 Å². The lowest BCUT2D eigenvalue weighted by molar-refractivity contribution is 1.08. The first-order chi connectivity index (χ1) is 24.3. The molecule has 0 radical (unpaired) electrons. The molecular formula is C47H32N2. The second-order valence-corrected chi connectivity index (χ2v) is 12.4. The summed E-state index contributed by atoms with van der Waals surface area (Å²) in [4.78, 5) is 5.40. The monoisotopic (exact) mass is 624 g/mol. The van der Waals surface area contributed by atoms with Crippen LogP contribution in [0.3, 0.4) is 0 Å². The van der Waals surface area contributed by atoms with Gasteiger partial charge in [-0.05, 0) is 75.3 Å². The second kappa shape index (κ2) is 12.3. The van der Waals surface area contributed by atoms with Crippen molar-refractivity contribution in [3.05, 3.63) is 194 Å². The molecule has 0 saturated carbocycles. The molecule has 0 N–H and O–H groups in total. The van der Waals surface area contributed by atoms with Crippen molar-refractivity contribution in [3.8, 4) is 61.6 Å². The number of pyridine rings is 1. The average Bonchev–Trinajstić information content (AvgIpc) is 3.53. The number of hydrogen-bond donors (Lipinski definition) is 0. The molecule has 2 nitrogen and oxygen atoms in total. The van der Waals surface area contributed by atoms with Crippen molar-refractivity contribution < 1.29 is 0 Å². The molecule has 9 aromatic rings. The lowest BCUT2D eigenvalue weighted by atomic mass is 9.94. The van der Waals surface area contributed by atoms with Gasteiger partial charge in [0.05, 0.1) is 16.7 Å². The molecule has 7 aromatic carbocycles. The van der Waals surface area contributed by atoms with E-state index in [1.54, 1.807) is 0 Å². The molecule has 0 bridgehead atoms. The molecule has 230 valence electrons. The third kappa shape index (κ3) is 5.30. The predicted octanol–water partition coefficient (Wildman–Crippen LogP) is 12.5. The van der Waals surface area contributed by atoms with E-state index in [0.717, 1.165) is 39.2 Å². The number of aromatic nitrogens is 2. The van der Waals surface area contributed by atoms with Gasteiger partial charge >= 0.3 is 0 Å². The van der Waals surface area contributed by atoms with Crippen molar-refractivity contribution >= 4 is 21.8 Å². The molecule has 0 aliphatic rings. The van der Waals surface area contributed by atoms with E-state index in [0.29, 0.717) is 0 Å². The summed E-state index contributed by atoms with van der Waals surface area (Å²) in [7, 11) is 0. The van der Waals surface area contributed by atoms with E-state index in [-0.39, 0.29) is 0 Å². The summed E-state index contributed by atoms with van der Waals surface area (Å²) in [6.07, 6.45) is 0. The quantitative estimate of drug-likeness (QED) is 0.180. The zero-order chi connectivity index (χ0) is 32.6. The van der Waals surface area contributed by atoms with Gasteiger partial charge < -0.3 is 0 Å². The maximum Gasteiger partial charge on any atom is 0.138 e. The van der Waals surface area contributed by atoms with Crippen molar-refractivity contribution in [1.82, 2.24) is 9.55 Å². The summed E-state index contributed by atoms with van der Waals surface area (Å²) >= 11 is 0. The van der Waals surface area contributed by atoms with E-state index in [2.05, 4.69) is 199 Å². The van der Waals surface area contributed by atoms with Crippen LogP contribution in [0, 0.1) is 0 Å². The summed E-state index contributed by atoms with van der Waals surface area (Å²) in [5, 5.41) is 2.40. The summed E-state index contributed by atoms with van der Waals surface area (Å²) in [5.41, 5.74) is 13.7. The van der Waals surface area contributed by atoms with Crippen LogP contribution in [-0.2, 0) is 0 Å². The third-order valence-corrected chi connectivity index (χ3v) is 9.37. The number of rotatable bonds is 6. The SMILES string of the molecule is c1ccc(-c2cccc(-c3cc(-c4ccccc4)c4c(c3)c3ccccc3n4-c3cc(-c4ccccc4)cc(-c4ccccc4)n3)c2)cc1. The molecule has 0 saturated heterocycles. The van der Waals surface area contributed by atoms with Crippen LogP contribution in [-0.4, -0.2) is 9.55 Å². The van der Waals surface area contributed by atoms with Gasteiger partial charge in [-0.1, -0.05) is 158 Å². The summed E-state index contributed by atoms with van der Waals surface area (Å²) in [6.45, 7) is 0. The largest absolute Gasteiger partial charge is 0.293 e. The maximum atomic E-state index is 5.40. The van der Waals surface area contributed by atoms with Crippen LogP contribution in [0.15, 0.2) is 194 Å². The Kier molecular flexibility index (Phi) is 7.18. The van der Waals surface area contributed by atoms with Crippen LogP contribution in [0.5, 0.6) is 0 Å². The van der Waals surface area contributed by atoms with Crippen LogP contribution in [0.2, 0.25) is 0 Å². The van der Waals surface area contributed by atoms with Gasteiger partial charge in [-0.2, -0.15) is 0 Å². The van der Waals surface area contributed by atoms with E-state index in [1.807, 2.05) is 0 Å². The van der Waals surface area contributed by atoms with E-state index < -0.39 is 0 Å². The zero-order valence-electron chi connectivity index (χ0n) is 26.9. The fourth-order valence-electron chi connectivity index (χ4n) is 7.03. The summed E-state index contributed by atoms with van der Waals surface area (Å²) in [5.74, 6) is 0.891. The molecule has 0 unspecified atom stereocenters. The Bertz CT molecular complexity index is 2510. The molecule has 0 aliphatic heterocycles. The van der Waals surface area contributed by atoms with Crippen LogP contribution in [0.25, 0.3) is 83.4 Å². The molecule has 0 amide bonds. The van der Waals surface area contributed by atoms with Crippen molar-refractivity contribution in [2.45, 2.75) is 0 Å². The number of para-hydroxylation sites is 1. The smallest absolute Gasteiger partial charge is 0.138 e. The molecule has 2 heterocycles. The molecule has 0 fully saturated rings. The molecule has 0 atom stereocenters. The first-order valence-corrected chi connectivity index (χ1v) is 16.7. The van der Waals surface area contributed by atoms with Gasteiger partial charge in [0.15, 0.2) is 0 Å². The minimum atomic E-state index is 0.891. The highest BCUT2D eigenvalue weighted by molar-refractivity contribution is 6.15. The molecule has 2 heteroatoms. The molecule has 0 aliphatic carbocycles. The predicted molar refractivity (Wildman–Crippen MR) is 206 cm³/mol. The van der Waals surface area contributed by atoms with Gasteiger partial charge in [0.2, 0.25) is 0 Å². The van der Waals surface area contributed by atoms with Gasteiger partial charge in [-0.25, -0.2) is 4.98 Å². The van der Waals surface area contributed by atoms with Crippen molar-refractivity contribution in [2.75, 3.05) is 0 Å². The van der Waals surface area contributed by atoms with Gasteiger partial charge in [-0.3, -0.25) is 4.57 Å². The molecular weight excluding hydrogens is 593 g/mol. The first-order valence-electron chi connectivity index (χ1n) is 16.7. The normalized spacial score (nSPS) is 11.3. The zero-order valence-corrected chi connectivity index (χ0v) is 26.9. The Balaban J connectivity index is 1.35. The van der Waals surface area contributed by atoms with Gasteiger partial charge in [0.25, 0.3) is 0 Å². The highest BCUT2D eigenvalue weighted by atomic mass is 15.1. The lowest BCUT2D eigenvalue weighted by Crippen LogP contribution is -2.01. The first kappa shape index (κ1) is 28.7. The molecule has 2 aromatic heterocycles. The van der Waals surface area contributed by atoms with Crippen molar-refractivity contribution in [2.24, 2.45) is 0 Å². The van der Waals surface area contributed by atoms with Crippen LogP contribution in [0.1, 0.15) is 0 Å². The number of benzene rings is 7. The Morgan fingerprint density at radius 3 is 1.51 bits per heavy atom. The number of nitrogens with zero attached hydrogens (tertiary/aromatic N) is 2. The Labute approximate surface area is 286 Å². The Morgan fingerprint density at radius 1 is 0.327 bits per heavy atom. The van der Waals surface area contributed by atoms with Gasteiger partial charge in [0.1, 0.15) is 5.82 Å². The lowest BCUT2D eigenvalue weighted by Gasteiger charge is -2.16. The number of fused-ring (bicyclic) bond motifs is 3. The number of hydrogen-bond acceptors (Lipinski definition) is 1.